The molecule has 0 aliphatic heterocycles. The van der Waals surface area contributed by atoms with Gasteiger partial charge in [0.15, 0.2) is 0 Å². The molecule has 4 N–H and O–H groups in total. The maximum atomic E-state index is 11.4. The largest absolute Gasteiger partial charge is 0.393 e. The van der Waals surface area contributed by atoms with E-state index in [0.29, 0.717) is 24.7 Å². The van der Waals surface area contributed by atoms with Crippen molar-refractivity contribution in [3.63, 3.8) is 0 Å². The second-order valence-corrected chi connectivity index (χ2v) is 11.0. The molecular formula is C22H38O4. The Morgan fingerprint density at radius 1 is 0.885 bits per heavy atom. The molecule has 4 heteroatoms. The first-order valence-electron chi connectivity index (χ1n) is 10.8. The van der Waals surface area contributed by atoms with Gasteiger partial charge in [0.05, 0.1) is 23.9 Å². The van der Waals surface area contributed by atoms with Crippen LogP contribution in [-0.4, -0.2) is 44.3 Å². The van der Waals surface area contributed by atoms with Crippen LogP contribution in [0.15, 0.2) is 0 Å². The van der Waals surface area contributed by atoms with Crippen molar-refractivity contribution in [1.29, 1.82) is 0 Å². The standard InChI is InChI=1S/C22H38O4/c1-13(23)22(26)10-7-16-15-6-8-19(2)11-14(24)5-9-20(19,3)18(15)17(25)12-21(16,22)4/h13-18,23-26H,5-12H2,1-4H3/t13-,14+,15-,16+,17-,18-,19+,20+,21+,22-/m0/s1. The second kappa shape index (κ2) is 5.68. The average Bonchev–Trinajstić information content (AvgIpc) is 2.81. The fraction of sp³-hybridized carbons (Fsp3) is 1.00. The normalized spacial score (nSPS) is 60.7. The van der Waals surface area contributed by atoms with E-state index in [1.807, 2.05) is 0 Å². The lowest BCUT2D eigenvalue weighted by Gasteiger charge is -2.66. The summed E-state index contributed by atoms with van der Waals surface area (Å²) in [6, 6.07) is 0. The quantitative estimate of drug-likeness (QED) is 0.575. The van der Waals surface area contributed by atoms with E-state index in [0.717, 1.165) is 38.5 Å². The minimum atomic E-state index is -1.09. The summed E-state index contributed by atoms with van der Waals surface area (Å²) < 4.78 is 0. The molecular weight excluding hydrogens is 328 g/mol. The van der Waals surface area contributed by atoms with Gasteiger partial charge < -0.3 is 20.4 Å². The van der Waals surface area contributed by atoms with Crippen molar-refractivity contribution in [1.82, 2.24) is 0 Å². The fourth-order valence-electron chi connectivity index (χ4n) is 8.44. The van der Waals surface area contributed by atoms with Crippen molar-refractivity contribution in [3.05, 3.63) is 0 Å². The molecule has 0 bridgehead atoms. The van der Waals surface area contributed by atoms with Crippen LogP contribution >= 0.6 is 0 Å². The van der Waals surface area contributed by atoms with E-state index in [2.05, 4.69) is 20.8 Å². The summed E-state index contributed by atoms with van der Waals surface area (Å²) in [6.45, 7) is 8.50. The number of fused-ring (bicyclic) bond motifs is 5. The minimum Gasteiger partial charge on any atom is -0.393 e. The predicted octanol–water partition coefficient (Wildman–Crippen LogP) is 2.86. The molecule has 0 radical (unpaired) electrons. The minimum absolute atomic E-state index is 0.0431. The van der Waals surface area contributed by atoms with Crippen LogP contribution in [0.5, 0.6) is 0 Å². The summed E-state index contributed by atoms with van der Waals surface area (Å²) in [6.07, 6.45) is 5.56. The Bertz CT molecular complexity index is 578. The van der Waals surface area contributed by atoms with Crippen molar-refractivity contribution < 1.29 is 20.4 Å². The van der Waals surface area contributed by atoms with Crippen molar-refractivity contribution >= 4 is 0 Å². The summed E-state index contributed by atoms with van der Waals surface area (Å²) in [5.41, 5.74) is -1.38. The van der Waals surface area contributed by atoms with Gasteiger partial charge in [0.2, 0.25) is 0 Å². The van der Waals surface area contributed by atoms with E-state index in [-0.39, 0.29) is 22.9 Å². The smallest absolute Gasteiger partial charge is 0.0959 e. The van der Waals surface area contributed by atoms with Crippen molar-refractivity contribution in [2.45, 2.75) is 103 Å². The number of hydrogen-bond donors (Lipinski definition) is 4. The van der Waals surface area contributed by atoms with Crippen LogP contribution in [0.4, 0.5) is 0 Å². The highest BCUT2D eigenvalue weighted by molar-refractivity contribution is 5.18. The van der Waals surface area contributed by atoms with Gasteiger partial charge in [-0.2, -0.15) is 0 Å². The molecule has 4 aliphatic rings. The zero-order valence-electron chi connectivity index (χ0n) is 16.9. The summed E-state index contributed by atoms with van der Waals surface area (Å²) >= 11 is 0. The van der Waals surface area contributed by atoms with Crippen LogP contribution in [0.25, 0.3) is 0 Å². The molecule has 0 aromatic carbocycles. The summed E-state index contributed by atoms with van der Waals surface area (Å²) in [7, 11) is 0. The van der Waals surface area contributed by atoms with Gasteiger partial charge in [-0.25, -0.2) is 0 Å². The third kappa shape index (κ3) is 2.16. The van der Waals surface area contributed by atoms with Crippen molar-refractivity contribution in [2.24, 2.45) is 34.0 Å². The highest BCUT2D eigenvalue weighted by Gasteiger charge is 2.69. The van der Waals surface area contributed by atoms with Gasteiger partial charge in [-0.05, 0) is 86.9 Å². The van der Waals surface area contributed by atoms with Gasteiger partial charge in [0, 0.05) is 5.41 Å². The summed E-state index contributed by atoms with van der Waals surface area (Å²) in [4.78, 5) is 0. The third-order valence-electron chi connectivity index (χ3n) is 10.2. The first kappa shape index (κ1) is 19.2. The van der Waals surface area contributed by atoms with Crippen LogP contribution in [-0.2, 0) is 0 Å². The molecule has 4 fully saturated rings. The first-order chi connectivity index (χ1) is 12.0. The number of rotatable bonds is 1. The molecule has 0 aromatic rings. The van der Waals surface area contributed by atoms with Gasteiger partial charge in [0.25, 0.3) is 0 Å². The molecule has 4 rings (SSSR count). The van der Waals surface area contributed by atoms with Gasteiger partial charge in [-0.3, -0.25) is 0 Å². The zero-order valence-corrected chi connectivity index (χ0v) is 16.9. The Kier molecular flexibility index (Phi) is 4.19. The Balaban J connectivity index is 1.72. The van der Waals surface area contributed by atoms with Crippen LogP contribution in [0, 0.1) is 34.0 Å². The highest BCUT2D eigenvalue weighted by Crippen LogP contribution is 2.71. The van der Waals surface area contributed by atoms with E-state index in [9.17, 15) is 20.4 Å². The SMILES string of the molecule is C[C@H](O)[C@@]1(O)CC[C@@H]2[C@@H]3CC[C@]4(C)C[C@H](O)CC[C@]4(C)[C@@H]3[C@@H](O)C[C@]21C. The van der Waals surface area contributed by atoms with Gasteiger partial charge in [-0.15, -0.1) is 0 Å². The molecule has 0 spiro atoms. The topological polar surface area (TPSA) is 80.9 Å². The lowest BCUT2D eigenvalue weighted by molar-refractivity contribution is -0.235. The Morgan fingerprint density at radius 2 is 1.58 bits per heavy atom. The van der Waals surface area contributed by atoms with Crippen LogP contribution in [0.2, 0.25) is 0 Å². The van der Waals surface area contributed by atoms with E-state index < -0.39 is 23.2 Å². The maximum Gasteiger partial charge on any atom is 0.0959 e. The molecule has 0 aromatic heterocycles. The molecule has 10 atom stereocenters. The number of aliphatic hydroxyl groups is 4. The van der Waals surface area contributed by atoms with E-state index in [4.69, 9.17) is 0 Å². The molecule has 26 heavy (non-hydrogen) atoms. The van der Waals surface area contributed by atoms with E-state index in [1.165, 1.54) is 0 Å². The molecule has 4 aliphatic carbocycles. The van der Waals surface area contributed by atoms with Crippen LogP contribution in [0.3, 0.4) is 0 Å². The predicted molar refractivity (Wildman–Crippen MR) is 100 cm³/mol. The molecule has 150 valence electrons. The lowest BCUT2D eigenvalue weighted by Crippen LogP contribution is -2.65. The number of hydrogen-bond acceptors (Lipinski definition) is 4. The van der Waals surface area contributed by atoms with E-state index >= 15 is 0 Å². The molecule has 0 amide bonds. The monoisotopic (exact) mass is 366 g/mol. The summed E-state index contributed by atoms with van der Waals surface area (Å²) in [5, 5.41) is 43.3. The highest BCUT2D eigenvalue weighted by atomic mass is 16.3. The van der Waals surface area contributed by atoms with Gasteiger partial charge >= 0.3 is 0 Å². The Morgan fingerprint density at radius 3 is 2.23 bits per heavy atom. The second-order valence-electron chi connectivity index (χ2n) is 11.0. The fourth-order valence-corrected chi connectivity index (χ4v) is 8.44. The molecule has 4 saturated carbocycles. The maximum absolute atomic E-state index is 11.4. The Labute approximate surface area is 158 Å². The van der Waals surface area contributed by atoms with E-state index in [1.54, 1.807) is 6.92 Å². The average molecular weight is 367 g/mol. The Hall–Kier alpha value is -0.160. The van der Waals surface area contributed by atoms with Crippen LogP contribution in [0.1, 0.15) is 79.1 Å². The van der Waals surface area contributed by atoms with Gasteiger partial charge in [0.1, 0.15) is 0 Å². The van der Waals surface area contributed by atoms with Crippen molar-refractivity contribution in [2.75, 3.05) is 0 Å². The van der Waals surface area contributed by atoms with Gasteiger partial charge in [-0.1, -0.05) is 20.8 Å². The molecule has 4 nitrogen and oxygen atoms in total. The summed E-state index contributed by atoms with van der Waals surface area (Å²) in [5.74, 6) is 1.01. The van der Waals surface area contributed by atoms with Crippen molar-refractivity contribution in [3.8, 4) is 0 Å². The molecule has 0 heterocycles. The van der Waals surface area contributed by atoms with Crippen LogP contribution < -0.4 is 0 Å². The first-order valence-corrected chi connectivity index (χ1v) is 10.8. The third-order valence-corrected chi connectivity index (χ3v) is 10.2. The zero-order chi connectivity index (χ0) is 19.1. The lowest BCUT2D eigenvalue weighted by atomic mass is 9.39. The molecule has 0 saturated heterocycles. The number of aliphatic hydroxyl groups excluding tert-OH is 3. The molecule has 0 unspecified atom stereocenters.